The van der Waals surface area contributed by atoms with Crippen LogP contribution in [0.1, 0.15) is 64.7 Å². The number of amides is 1. The number of carbonyl (C=O) groups is 1. The van der Waals surface area contributed by atoms with Crippen molar-refractivity contribution in [3.05, 3.63) is 0 Å². The van der Waals surface area contributed by atoms with Gasteiger partial charge < -0.3 is 10.6 Å². The molecule has 0 bridgehead atoms. The Kier molecular flexibility index (Phi) is 7.51. The summed E-state index contributed by atoms with van der Waals surface area (Å²) in [6.07, 6.45) is 11.1. The van der Waals surface area contributed by atoms with Crippen LogP contribution in [-0.2, 0) is 4.79 Å². The van der Waals surface area contributed by atoms with Crippen molar-refractivity contribution >= 4 is 5.91 Å². The summed E-state index contributed by atoms with van der Waals surface area (Å²) in [5.74, 6) is 0.244. The number of nitrogens with one attached hydrogen (secondary N) is 2. The van der Waals surface area contributed by atoms with E-state index in [1.54, 1.807) is 0 Å². The highest BCUT2D eigenvalue weighted by Crippen LogP contribution is 2.17. The molecule has 0 atom stereocenters. The summed E-state index contributed by atoms with van der Waals surface area (Å²) in [4.78, 5) is 14.8. The second-order valence-electron chi connectivity index (χ2n) is 6.71. The predicted molar refractivity (Wildman–Crippen MR) is 87.4 cm³/mol. The van der Waals surface area contributed by atoms with Crippen LogP contribution in [0.3, 0.4) is 0 Å². The standard InChI is InChI=1S/C17H33N3O/c1-2-13-20(16-9-11-18-12-10-16)14-17(21)19-15-7-5-3-4-6-8-15/h15-16,18H,2-14H2,1H3,(H,19,21). The van der Waals surface area contributed by atoms with Gasteiger partial charge in [0.25, 0.3) is 0 Å². The van der Waals surface area contributed by atoms with Crippen molar-refractivity contribution in [1.29, 1.82) is 0 Å². The minimum Gasteiger partial charge on any atom is -0.352 e. The first-order valence-corrected chi connectivity index (χ1v) is 9.03. The third-order valence-electron chi connectivity index (χ3n) is 4.90. The van der Waals surface area contributed by atoms with E-state index < -0.39 is 0 Å². The Morgan fingerprint density at radius 1 is 1.10 bits per heavy atom. The summed E-state index contributed by atoms with van der Waals surface area (Å²) in [6.45, 7) is 6.03. The summed E-state index contributed by atoms with van der Waals surface area (Å²) in [7, 11) is 0. The van der Waals surface area contributed by atoms with Crippen molar-refractivity contribution < 1.29 is 4.79 Å². The van der Waals surface area contributed by atoms with Crippen LogP contribution < -0.4 is 10.6 Å². The smallest absolute Gasteiger partial charge is 0.234 e. The molecular weight excluding hydrogens is 262 g/mol. The molecule has 1 saturated carbocycles. The van der Waals surface area contributed by atoms with E-state index in [4.69, 9.17) is 0 Å². The van der Waals surface area contributed by atoms with Crippen LogP contribution in [0.15, 0.2) is 0 Å². The molecule has 2 N–H and O–H groups in total. The van der Waals surface area contributed by atoms with Gasteiger partial charge in [-0.05, 0) is 51.7 Å². The second kappa shape index (κ2) is 9.42. The maximum absolute atomic E-state index is 12.4. The number of nitrogens with zero attached hydrogens (tertiary/aromatic N) is 1. The van der Waals surface area contributed by atoms with Crippen molar-refractivity contribution in [2.45, 2.75) is 76.8 Å². The summed E-state index contributed by atoms with van der Waals surface area (Å²) >= 11 is 0. The van der Waals surface area contributed by atoms with E-state index in [0.29, 0.717) is 18.6 Å². The molecule has 0 unspecified atom stereocenters. The largest absolute Gasteiger partial charge is 0.352 e. The van der Waals surface area contributed by atoms with E-state index in [9.17, 15) is 4.79 Å². The van der Waals surface area contributed by atoms with E-state index in [1.807, 2.05) is 0 Å². The van der Waals surface area contributed by atoms with E-state index in [-0.39, 0.29) is 5.91 Å². The van der Waals surface area contributed by atoms with Gasteiger partial charge in [-0.25, -0.2) is 0 Å². The van der Waals surface area contributed by atoms with Crippen molar-refractivity contribution in [2.24, 2.45) is 0 Å². The topological polar surface area (TPSA) is 44.4 Å². The lowest BCUT2D eigenvalue weighted by atomic mass is 10.0. The molecule has 0 aromatic rings. The molecule has 0 aromatic carbocycles. The van der Waals surface area contributed by atoms with Gasteiger partial charge in [0.15, 0.2) is 0 Å². The fraction of sp³-hybridized carbons (Fsp3) is 0.941. The highest BCUT2D eigenvalue weighted by atomic mass is 16.2. The van der Waals surface area contributed by atoms with Crippen LogP contribution >= 0.6 is 0 Å². The normalized spacial score (nSPS) is 22.2. The lowest BCUT2D eigenvalue weighted by molar-refractivity contribution is -0.123. The molecule has 2 aliphatic rings. The van der Waals surface area contributed by atoms with Crippen LogP contribution in [0.5, 0.6) is 0 Å². The van der Waals surface area contributed by atoms with Crippen molar-refractivity contribution in [1.82, 2.24) is 15.5 Å². The van der Waals surface area contributed by atoms with Crippen molar-refractivity contribution in [2.75, 3.05) is 26.2 Å². The van der Waals surface area contributed by atoms with Crippen LogP contribution in [0.2, 0.25) is 0 Å². The Bertz CT molecular complexity index is 294. The highest BCUT2D eigenvalue weighted by Gasteiger charge is 2.23. The van der Waals surface area contributed by atoms with Gasteiger partial charge in [-0.3, -0.25) is 9.69 Å². The van der Waals surface area contributed by atoms with Gasteiger partial charge in [-0.1, -0.05) is 32.6 Å². The second-order valence-corrected chi connectivity index (χ2v) is 6.71. The quantitative estimate of drug-likeness (QED) is 0.739. The minimum absolute atomic E-state index is 0.244. The van der Waals surface area contributed by atoms with Crippen LogP contribution in [0, 0.1) is 0 Å². The lowest BCUT2D eigenvalue weighted by Crippen LogP contribution is -2.49. The fourth-order valence-electron chi connectivity index (χ4n) is 3.73. The first-order valence-electron chi connectivity index (χ1n) is 9.03. The Hall–Kier alpha value is -0.610. The molecule has 2 fully saturated rings. The van der Waals surface area contributed by atoms with Gasteiger partial charge in [0.2, 0.25) is 5.91 Å². The van der Waals surface area contributed by atoms with E-state index in [2.05, 4.69) is 22.5 Å². The van der Waals surface area contributed by atoms with E-state index in [1.165, 1.54) is 51.4 Å². The molecular formula is C17H33N3O. The molecule has 0 radical (unpaired) electrons. The molecule has 1 aliphatic heterocycles. The van der Waals surface area contributed by atoms with E-state index >= 15 is 0 Å². The Balaban J connectivity index is 1.79. The zero-order chi connectivity index (χ0) is 14.9. The molecule has 21 heavy (non-hydrogen) atoms. The van der Waals surface area contributed by atoms with Gasteiger partial charge in [0.05, 0.1) is 6.54 Å². The number of hydrogen-bond acceptors (Lipinski definition) is 3. The number of rotatable bonds is 6. The van der Waals surface area contributed by atoms with Crippen LogP contribution in [0.25, 0.3) is 0 Å². The first-order chi connectivity index (χ1) is 10.3. The molecule has 4 heteroatoms. The molecule has 0 spiro atoms. The monoisotopic (exact) mass is 295 g/mol. The molecule has 0 aromatic heterocycles. The van der Waals surface area contributed by atoms with Crippen LogP contribution in [-0.4, -0.2) is 49.1 Å². The van der Waals surface area contributed by atoms with Gasteiger partial charge in [0, 0.05) is 12.1 Å². The average molecular weight is 295 g/mol. The number of piperidine rings is 1. The SMILES string of the molecule is CCCN(CC(=O)NC1CCCCCC1)C1CCNCC1. The lowest BCUT2D eigenvalue weighted by Gasteiger charge is -2.34. The van der Waals surface area contributed by atoms with Crippen LogP contribution in [0.4, 0.5) is 0 Å². The Morgan fingerprint density at radius 2 is 1.76 bits per heavy atom. The highest BCUT2D eigenvalue weighted by molar-refractivity contribution is 5.78. The molecule has 1 amide bonds. The third kappa shape index (κ3) is 5.95. The van der Waals surface area contributed by atoms with Gasteiger partial charge in [0.1, 0.15) is 0 Å². The summed E-state index contributed by atoms with van der Waals surface area (Å²) in [6, 6.07) is 1.02. The number of hydrogen-bond donors (Lipinski definition) is 2. The molecule has 1 saturated heterocycles. The van der Waals surface area contributed by atoms with Crippen molar-refractivity contribution in [3.8, 4) is 0 Å². The Labute approximate surface area is 130 Å². The van der Waals surface area contributed by atoms with Gasteiger partial charge >= 0.3 is 0 Å². The fourth-order valence-corrected chi connectivity index (χ4v) is 3.73. The number of carbonyl (C=O) groups excluding carboxylic acids is 1. The summed E-state index contributed by atoms with van der Waals surface area (Å²) in [5, 5.41) is 6.70. The van der Waals surface area contributed by atoms with E-state index in [0.717, 1.165) is 26.1 Å². The summed E-state index contributed by atoms with van der Waals surface area (Å²) < 4.78 is 0. The molecule has 122 valence electrons. The average Bonchev–Trinajstić information content (AvgIpc) is 2.76. The zero-order valence-corrected chi connectivity index (χ0v) is 13.7. The zero-order valence-electron chi connectivity index (χ0n) is 13.7. The molecule has 1 aliphatic carbocycles. The van der Waals surface area contributed by atoms with Gasteiger partial charge in [-0.15, -0.1) is 0 Å². The van der Waals surface area contributed by atoms with Gasteiger partial charge in [-0.2, -0.15) is 0 Å². The third-order valence-corrected chi connectivity index (χ3v) is 4.90. The maximum atomic E-state index is 12.4. The molecule has 4 nitrogen and oxygen atoms in total. The minimum atomic E-state index is 0.244. The Morgan fingerprint density at radius 3 is 2.38 bits per heavy atom. The molecule has 2 rings (SSSR count). The summed E-state index contributed by atoms with van der Waals surface area (Å²) in [5.41, 5.74) is 0. The molecule has 1 heterocycles. The first kappa shape index (κ1) is 16.8. The van der Waals surface area contributed by atoms with Crippen molar-refractivity contribution in [3.63, 3.8) is 0 Å². The predicted octanol–water partition coefficient (Wildman–Crippen LogP) is 2.29. The maximum Gasteiger partial charge on any atom is 0.234 e.